The van der Waals surface area contributed by atoms with Crippen molar-refractivity contribution in [2.24, 2.45) is 10.7 Å². The molecule has 0 aliphatic carbocycles. The van der Waals surface area contributed by atoms with Crippen LogP contribution in [0.2, 0.25) is 0 Å². The molecule has 1 heterocycles. The van der Waals surface area contributed by atoms with Crippen LogP contribution in [0.4, 0.5) is 5.69 Å². The summed E-state index contributed by atoms with van der Waals surface area (Å²) in [6.45, 7) is 4.42. The third-order valence-corrected chi connectivity index (χ3v) is 2.34. The Bertz CT molecular complexity index is 450. The van der Waals surface area contributed by atoms with Crippen LogP contribution in [-0.2, 0) is 0 Å². The molecule has 1 aliphatic heterocycles. The lowest BCUT2D eigenvalue weighted by molar-refractivity contribution is 0.354. The predicted molar refractivity (Wildman–Crippen MR) is 73.2 cm³/mol. The van der Waals surface area contributed by atoms with E-state index in [9.17, 15) is 0 Å². The lowest BCUT2D eigenvalue weighted by atomic mass is 10.0. The molecule has 17 heavy (non-hydrogen) atoms. The molecule has 4 N–H and O–H groups in total. The van der Waals surface area contributed by atoms with Crippen LogP contribution in [0.15, 0.2) is 28.8 Å². The molecule has 1 aromatic rings. The topological polar surface area (TPSA) is 73.6 Å². The van der Waals surface area contributed by atoms with E-state index >= 15 is 0 Å². The number of nitrogens with zero attached hydrogens (tertiary/aromatic N) is 1. The number of nitrogen functional groups attached to an aromatic ring is 1. The number of ether oxygens (including phenoxy) is 1. The van der Waals surface area contributed by atoms with Crippen LogP contribution < -0.4 is 16.2 Å². The van der Waals surface area contributed by atoms with E-state index in [1.807, 2.05) is 26.0 Å². The highest BCUT2D eigenvalue weighted by atomic mass is 16.5. The Morgan fingerprint density at radius 3 is 2.65 bits per heavy atom. The first-order valence-corrected chi connectivity index (χ1v) is 5.66. The van der Waals surface area contributed by atoms with Gasteiger partial charge in [0.2, 0.25) is 0 Å². The van der Waals surface area contributed by atoms with Crippen molar-refractivity contribution in [3.8, 4) is 5.75 Å². The number of hydrogen-bond donors (Lipinski definition) is 2. The summed E-state index contributed by atoms with van der Waals surface area (Å²) in [5, 5.41) is 0. The molecule has 1 aliphatic rings. The molecule has 0 radical (unpaired) electrons. The molecule has 1 aromatic carbocycles. The van der Waals surface area contributed by atoms with Crippen molar-refractivity contribution in [1.29, 1.82) is 0 Å². The second kappa shape index (κ2) is 5.94. The minimum atomic E-state index is 0.421. The maximum atomic E-state index is 6.00. The number of aliphatic imine (C=N–C) groups is 1. The average molecular weight is 233 g/mol. The molecule has 92 valence electrons. The fourth-order valence-corrected chi connectivity index (χ4v) is 1.59. The van der Waals surface area contributed by atoms with Gasteiger partial charge in [-0.05, 0) is 12.1 Å². The quantitative estimate of drug-likeness (QED) is 0.576. The molecule has 4 heteroatoms. The Morgan fingerprint density at radius 2 is 2.00 bits per heavy atom. The second-order valence-electron chi connectivity index (χ2n) is 3.34. The van der Waals surface area contributed by atoms with E-state index in [2.05, 4.69) is 4.99 Å². The molecule has 0 unspecified atom stereocenters. The van der Waals surface area contributed by atoms with E-state index in [0.29, 0.717) is 23.7 Å². The van der Waals surface area contributed by atoms with Crippen LogP contribution in [0.25, 0.3) is 5.70 Å². The fraction of sp³-hybridized carbons (Fsp3) is 0.308. The second-order valence-corrected chi connectivity index (χ2v) is 3.34. The van der Waals surface area contributed by atoms with Crippen LogP contribution in [0.1, 0.15) is 19.4 Å². The van der Waals surface area contributed by atoms with Gasteiger partial charge in [0.05, 0.1) is 11.4 Å². The lowest BCUT2D eigenvalue weighted by Gasteiger charge is -2.20. The number of hydrogen-bond acceptors (Lipinski definition) is 4. The Morgan fingerprint density at radius 1 is 1.29 bits per heavy atom. The maximum absolute atomic E-state index is 6.00. The summed E-state index contributed by atoms with van der Waals surface area (Å²) in [5.41, 5.74) is 14.8. The van der Waals surface area contributed by atoms with Crippen LogP contribution in [0, 0.1) is 0 Å². The Balaban J connectivity index is 0.000000686. The lowest BCUT2D eigenvalue weighted by Crippen LogP contribution is -2.17. The zero-order valence-corrected chi connectivity index (χ0v) is 10.5. The number of nitrogens with two attached hydrogens (primary N) is 2. The van der Waals surface area contributed by atoms with Gasteiger partial charge < -0.3 is 16.2 Å². The van der Waals surface area contributed by atoms with E-state index in [1.165, 1.54) is 0 Å². The molecular weight excluding hydrogens is 214 g/mol. The third-order valence-electron chi connectivity index (χ3n) is 2.34. The molecule has 0 saturated heterocycles. The summed E-state index contributed by atoms with van der Waals surface area (Å²) in [5.74, 6) is 0.670. The van der Waals surface area contributed by atoms with Crippen molar-refractivity contribution < 1.29 is 4.74 Å². The first-order chi connectivity index (χ1) is 8.24. The summed E-state index contributed by atoms with van der Waals surface area (Å²) in [4.78, 5) is 3.93. The number of benzene rings is 1. The van der Waals surface area contributed by atoms with Crippen molar-refractivity contribution in [2.75, 3.05) is 19.4 Å². The first kappa shape index (κ1) is 13.1. The van der Waals surface area contributed by atoms with Crippen LogP contribution in [0.3, 0.4) is 0 Å². The van der Waals surface area contributed by atoms with Crippen molar-refractivity contribution in [2.45, 2.75) is 13.8 Å². The van der Waals surface area contributed by atoms with Gasteiger partial charge in [0, 0.05) is 24.4 Å². The molecule has 0 spiro atoms. The van der Waals surface area contributed by atoms with Crippen LogP contribution >= 0.6 is 0 Å². The molecular formula is C13H19N3O. The van der Waals surface area contributed by atoms with E-state index in [1.54, 1.807) is 19.3 Å². The Labute approximate surface area is 102 Å². The number of para-hydroxylation sites is 1. The van der Waals surface area contributed by atoms with Gasteiger partial charge >= 0.3 is 0 Å². The van der Waals surface area contributed by atoms with Gasteiger partial charge in [-0.3, -0.25) is 4.99 Å². The number of anilines is 1. The normalized spacial score (nSPS) is 13.8. The summed E-state index contributed by atoms with van der Waals surface area (Å²) in [7, 11) is 1.70. The van der Waals surface area contributed by atoms with Gasteiger partial charge in [-0.25, -0.2) is 0 Å². The minimum Gasteiger partial charge on any atom is -0.486 e. The van der Waals surface area contributed by atoms with Crippen molar-refractivity contribution >= 4 is 17.6 Å². The van der Waals surface area contributed by atoms with Crippen LogP contribution in [-0.4, -0.2) is 19.9 Å². The van der Waals surface area contributed by atoms with E-state index in [4.69, 9.17) is 16.2 Å². The highest BCUT2D eigenvalue weighted by Gasteiger charge is 2.18. The van der Waals surface area contributed by atoms with Crippen LogP contribution in [0.5, 0.6) is 5.75 Å². The van der Waals surface area contributed by atoms with Gasteiger partial charge in [0.15, 0.2) is 5.75 Å². The summed E-state index contributed by atoms with van der Waals surface area (Å²) in [6, 6.07) is 5.55. The zero-order chi connectivity index (χ0) is 12.8. The monoisotopic (exact) mass is 233 g/mol. The minimum absolute atomic E-state index is 0.421. The number of fused-ring (bicyclic) bond motifs is 1. The summed E-state index contributed by atoms with van der Waals surface area (Å²) < 4.78 is 5.54. The molecule has 0 bridgehead atoms. The van der Waals surface area contributed by atoms with Gasteiger partial charge in [-0.2, -0.15) is 0 Å². The Hall–Kier alpha value is -1.97. The number of rotatable bonds is 1. The van der Waals surface area contributed by atoms with Gasteiger partial charge in [-0.15, -0.1) is 0 Å². The van der Waals surface area contributed by atoms with Gasteiger partial charge in [0.1, 0.15) is 6.61 Å². The highest BCUT2D eigenvalue weighted by Crippen LogP contribution is 2.34. The van der Waals surface area contributed by atoms with Gasteiger partial charge in [0.25, 0.3) is 0 Å². The van der Waals surface area contributed by atoms with E-state index in [-0.39, 0.29) is 0 Å². The van der Waals surface area contributed by atoms with Crippen molar-refractivity contribution in [3.63, 3.8) is 0 Å². The van der Waals surface area contributed by atoms with Crippen molar-refractivity contribution in [1.82, 2.24) is 0 Å². The predicted octanol–water partition coefficient (Wildman–Crippen LogP) is 2.06. The van der Waals surface area contributed by atoms with E-state index in [0.717, 1.165) is 11.1 Å². The SMILES string of the molecule is CC.CN=CC1=C(N)c2cccc(N)c2OC1. The smallest absolute Gasteiger partial charge is 0.151 e. The highest BCUT2D eigenvalue weighted by molar-refractivity contribution is 5.93. The summed E-state index contributed by atoms with van der Waals surface area (Å²) >= 11 is 0. The molecule has 0 amide bonds. The fourth-order valence-electron chi connectivity index (χ4n) is 1.59. The molecule has 0 aromatic heterocycles. The molecule has 0 atom stereocenters. The zero-order valence-electron chi connectivity index (χ0n) is 10.5. The average Bonchev–Trinajstić information content (AvgIpc) is 2.36. The summed E-state index contributed by atoms with van der Waals surface area (Å²) in [6.07, 6.45) is 1.71. The van der Waals surface area contributed by atoms with Gasteiger partial charge in [-0.1, -0.05) is 19.9 Å². The molecule has 4 nitrogen and oxygen atoms in total. The maximum Gasteiger partial charge on any atom is 0.151 e. The molecule has 0 fully saturated rings. The standard InChI is InChI=1S/C11H13N3O.C2H6/c1-14-5-7-6-15-11-8(10(7)13)3-2-4-9(11)12;1-2/h2-5H,6,12-13H2,1H3;1-2H3. The van der Waals surface area contributed by atoms with Crippen molar-refractivity contribution in [3.05, 3.63) is 29.3 Å². The molecule has 0 saturated carbocycles. The molecule has 2 rings (SSSR count). The largest absolute Gasteiger partial charge is 0.486 e. The first-order valence-electron chi connectivity index (χ1n) is 5.66. The third kappa shape index (κ3) is 2.58. The Kier molecular flexibility index (Phi) is 4.57. The van der Waals surface area contributed by atoms with E-state index < -0.39 is 0 Å².